The Morgan fingerprint density at radius 1 is 1.69 bits per heavy atom. The summed E-state index contributed by atoms with van der Waals surface area (Å²) in [6, 6.07) is 0. The second kappa shape index (κ2) is 3.89. The predicted octanol–water partition coefficient (Wildman–Crippen LogP) is 0.237. The van der Waals surface area contributed by atoms with Gasteiger partial charge in [-0.2, -0.15) is 0 Å². The lowest BCUT2D eigenvalue weighted by Gasteiger charge is -2.22. The topological polar surface area (TPSA) is 50.1 Å². The Labute approximate surface area is 78.6 Å². The number of aliphatic hydroxyl groups is 1. The Bertz CT molecular complexity index is 268. The van der Waals surface area contributed by atoms with E-state index in [2.05, 4.69) is 10.3 Å². The van der Waals surface area contributed by atoms with Gasteiger partial charge in [-0.3, -0.25) is 0 Å². The Morgan fingerprint density at radius 2 is 2.38 bits per heavy atom. The van der Waals surface area contributed by atoms with Crippen molar-refractivity contribution in [2.75, 3.05) is 13.6 Å². The third-order valence-electron chi connectivity index (χ3n) is 2.16. The molecule has 1 unspecified atom stereocenters. The van der Waals surface area contributed by atoms with Crippen LogP contribution < -0.4 is 5.32 Å². The monoisotopic (exact) mass is 183 g/mol. The number of imidazole rings is 1. The lowest BCUT2D eigenvalue weighted by atomic mass is 10.0. The SMILES string of the molecule is CNCCC(C)(O)c1nccn1C. The fourth-order valence-electron chi connectivity index (χ4n) is 1.36. The molecule has 0 spiro atoms. The van der Waals surface area contributed by atoms with Crippen molar-refractivity contribution in [2.24, 2.45) is 7.05 Å². The molecular weight excluding hydrogens is 166 g/mol. The maximum absolute atomic E-state index is 10.1. The highest BCUT2D eigenvalue weighted by molar-refractivity contribution is 5.02. The molecule has 0 bridgehead atoms. The van der Waals surface area contributed by atoms with Crippen LogP contribution in [0, 0.1) is 0 Å². The second-order valence-corrected chi connectivity index (χ2v) is 3.49. The molecule has 1 aromatic heterocycles. The summed E-state index contributed by atoms with van der Waals surface area (Å²) in [5.41, 5.74) is -0.846. The maximum Gasteiger partial charge on any atom is 0.140 e. The van der Waals surface area contributed by atoms with Crippen molar-refractivity contribution in [3.63, 3.8) is 0 Å². The molecule has 1 rings (SSSR count). The largest absolute Gasteiger partial charge is 0.382 e. The van der Waals surface area contributed by atoms with Gasteiger partial charge in [0.25, 0.3) is 0 Å². The summed E-state index contributed by atoms with van der Waals surface area (Å²) in [5, 5.41) is 13.1. The van der Waals surface area contributed by atoms with Crippen LogP contribution in [0.15, 0.2) is 12.4 Å². The second-order valence-electron chi connectivity index (χ2n) is 3.49. The molecule has 1 heterocycles. The Morgan fingerprint density at radius 3 is 2.85 bits per heavy atom. The van der Waals surface area contributed by atoms with Crippen LogP contribution in [0.5, 0.6) is 0 Å². The maximum atomic E-state index is 10.1. The molecule has 1 atom stereocenters. The molecule has 0 saturated carbocycles. The molecule has 0 aliphatic rings. The van der Waals surface area contributed by atoms with Gasteiger partial charge in [-0.25, -0.2) is 4.98 Å². The van der Waals surface area contributed by atoms with Crippen LogP contribution in [0.25, 0.3) is 0 Å². The van der Waals surface area contributed by atoms with Crippen molar-refractivity contribution in [3.8, 4) is 0 Å². The summed E-state index contributed by atoms with van der Waals surface area (Å²) in [6.45, 7) is 2.56. The van der Waals surface area contributed by atoms with Crippen LogP contribution in [0.4, 0.5) is 0 Å². The quantitative estimate of drug-likeness (QED) is 0.703. The Balaban J connectivity index is 2.74. The van der Waals surface area contributed by atoms with E-state index >= 15 is 0 Å². The first-order chi connectivity index (χ1) is 6.08. The van der Waals surface area contributed by atoms with Crippen molar-refractivity contribution in [2.45, 2.75) is 18.9 Å². The summed E-state index contributed by atoms with van der Waals surface area (Å²) >= 11 is 0. The van der Waals surface area contributed by atoms with Gasteiger partial charge in [0.1, 0.15) is 11.4 Å². The predicted molar refractivity (Wildman–Crippen MR) is 51.3 cm³/mol. The smallest absolute Gasteiger partial charge is 0.140 e. The first kappa shape index (κ1) is 10.2. The molecule has 0 radical (unpaired) electrons. The van der Waals surface area contributed by atoms with Gasteiger partial charge in [-0.1, -0.05) is 0 Å². The first-order valence-corrected chi connectivity index (χ1v) is 4.42. The molecule has 2 N–H and O–H groups in total. The molecule has 74 valence electrons. The summed E-state index contributed by atoms with van der Waals surface area (Å²) in [7, 11) is 3.75. The zero-order valence-corrected chi connectivity index (χ0v) is 8.41. The minimum atomic E-state index is -0.846. The molecule has 0 fully saturated rings. The van der Waals surface area contributed by atoms with E-state index < -0.39 is 5.60 Å². The van der Waals surface area contributed by atoms with E-state index in [1.54, 1.807) is 13.1 Å². The fraction of sp³-hybridized carbons (Fsp3) is 0.667. The highest BCUT2D eigenvalue weighted by Crippen LogP contribution is 2.21. The minimum Gasteiger partial charge on any atom is -0.382 e. The van der Waals surface area contributed by atoms with E-state index in [4.69, 9.17) is 0 Å². The third-order valence-corrected chi connectivity index (χ3v) is 2.16. The van der Waals surface area contributed by atoms with E-state index in [1.807, 2.05) is 24.9 Å². The number of aryl methyl sites for hydroxylation is 1. The molecule has 1 aromatic rings. The van der Waals surface area contributed by atoms with E-state index in [0.717, 1.165) is 6.54 Å². The number of hydrogen-bond donors (Lipinski definition) is 2. The molecule has 0 aromatic carbocycles. The van der Waals surface area contributed by atoms with Crippen molar-refractivity contribution in [1.29, 1.82) is 0 Å². The third kappa shape index (κ3) is 2.29. The molecule has 13 heavy (non-hydrogen) atoms. The van der Waals surface area contributed by atoms with Crippen LogP contribution in [0.1, 0.15) is 19.2 Å². The molecule has 0 amide bonds. The van der Waals surface area contributed by atoms with Gasteiger partial charge in [0, 0.05) is 19.4 Å². The summed E-state index contributed by atoms with van der Waals surface area (Å²) in [5.74, 6) is 0.711. The summed E-state index contributed by atoms with van der Waals surface area (Å²) in [6.07, 6.45) is 4.20. The number of hydrogen-bond acceptors (Lipinski definition) is 3. The van der Waals surface area contributed by atoms with Gasteiger partial charge < -0.3 is 15.0 Å². The number of nitrogens with zero attached hydrogens (tertiary/aromatic N) is 2. The zero-order chi connectivity index (χ0) is 9.90. The average Bonchev–Trinajstić information content (AvgIpc) is 2.48. The molecule has 0 aliphatic carbocycles. The van der Waals surface area contributed by atoms with Gasteiger partial charge in [0.2, 0.25) is 0 Å². The van der Waals surface area contributed by atoms with Gasteiger partial charge in [-0.15, -0.1) is 0 Å². The van der Waals surface area contributed by atoms with Crippen LogP contribution in [-0.2, 0) is 12.6 Å². The highest BCUT2D eigenvalue weighted by Gasteiger charge is 2.26. The number of nitrogens with one attached hydrogen (secondary N) is 1. The van der Waals surface area contributed by atoms with E-state index in [0.29, 0.717) is 12.2 Å². The van der Waals surface area contributed by atoms with E-state index in [-0.39, 0.29) is 0 Å². The van der Waals surface area contributed by atoms with Crippen LogP contribution in [0.3, 0.4) is 0 Å². The molecule has 0 aliphatic heterocycles. The number of rotatable bonds is 4. The Kier molecular flexibility index (Phi) is 3.06. The number of aromatic nitrogens is 2. The van der Waals surface area contributed by atoms with Crippen molar-refractivity contribution in [1.82, 2.24) is 14.9 Å². The molecule has 0 saturated heterocycles. The van der Waals surface area contributed by atoms with Gasteiger partial charge in [-0.05, 0) is 26.9 Å². The average molecular weight is 183 g/mol. The molecular formula is C9H17N3O. The van der Waals surface area contributed by atoms with Gasteiger partial charge in [0.15, 0.2) is 0 Å². The van der Waals surface area contributed by atoms with Crippen LogP contribution in [0.2, 0.25) is 0 Å². The zero-order valence-electron chi connectivity index (χ0n) is 8.41. The normalized spacial score (nSPS) is 15.7. The first-order valence-electron chi connectivity index (χ1n) is 4.42. The van der Waals surface area contributed by atoms with Crippen LogP contribution in [-0.4, -0.2) is 28.3 Å². The molecule has 4 heteroatoms. The van der Waals surface area contributed by atoms with E-state index in [9.17, 15) is 5.11 Å². The standard InChI is InChI=1S/C9H17N3O/c1-9(13,4-5-10-2)8-11-6-7-12(8)3/h6-7,10,13H,4-5H2,1-3H3. The lowest BCUT2D eigenvalue weighted by Crippen LogP contribution is -2.29. The van der Waals surface area contributed by atoms with Crippen molar-refractivity contribution in [3.05, 3.63) is 18.2 Å². The lowest BCUT2D eigenvalue weighted by molar-refractivity contribution is 0.0366. The minimum absolute atomic E-state index is 0.661. The summed E-state index contributed by atoms with van der Waals surface area (Å²) < 4.78 is 1.84. The summed E-state index contributed by atoms with van der Waals surface area (Å²) in [4.78, 5) is 4.13. The van der Waals surface area contributed by atoms with Crippen LogP contribution >= 0.6 is 0 Å². The van der Waals surface area contributed by atoms with Gasteiger partial charge in [0.05, 0.1) is 0 Å². The highest BCUT2D eigenvalue weighted by atomic mass is 16.3. The fourth-order valence-corrected chi connectivity index (χ4v) is 1.36. The molecule has 4 nitrogen and oxygen atoms in total. The van der Waals surface area contributed by atoms with E-state index in [1.165, 1.54) is 0 Å². The van der Waals surface area contributed by atoms with Crippen molar-refractivity contribution >= 4 is 0 Å². The van der Waals surface area contributed by atoms with Crippen molar-refractivity contribution < 1.29 is 5.11 Å². The Hall–Kier alpha value is -0.870. The van der Waals surface area contributed by atoms with Gasteiger partial charge >= 0.3 is 0 Å².